The summed E-state index contributed by atoms with van der Waals surface area (Å²) in [5.74, 6) is 0.484. The van der Waals surface area contributed by atoms with Crippen LogP contribution in [0.3, 0.4) is 0 Å². The third kappa shape index (κ3) is 3.59. The van der Waals surface area contributed by atoms with Crippen molar-refractivity contribution in [3.8, 4) is 0 Å². The molecular formula is C15H18N2O4S. The number of hydrogen-bond acceptors (Lipinski definition) is 5. The van der Waals surface area contributed by atoms with Gasteiger partial charge in [-0.1, -0.05) is 6.92 Å². The number of carbonyl (C=O) groups excluding carboxylic acids is 3. The summed E-state index contributed by atoms with van der Waals surface area (Å²) < 4.78 is 4.62. The molecule has 2 amide bonds. The normalized spacial score (nSPS) is 17.2. The average Bonchev–Trinajstić information content (AvgIpc) is 3.03. The van der Waals surface area contributed by atoms with Crippen LogP contribution in [0.25, 0.3) is 0 Å². The van der Waals surface area contributed by atoms with Crippen molar-refractivity contribution in [2.24, 2.45) is 0 Å². The molecule has 1 aromatic carbocycles. The van der Waals surface area contributed by atoms with E-state index < -0.39 is 12.0 Å². The molecule has 1 aliphatic rings. The molecule has 1 fully saturated rings. The second kappa shape index (κ2) is 7.31. The first-order chi connectivity index (χ1) is 10.6. The number of esters is 1. The van der Waals surface area contributed by atoms with Gasteiger partial charge in [0.15, 0.2) is 0 Å². The lowest BCUT2D eigenvalue weighted by molar-refractivity contribution is -0.135. The minimum atomic E-state index is -0.447. The van der Waals surface area contributed by atoms with Gasteiger partial charge < -0.3 is 15.0 Å². The minimum Gasteiger partial charge on any atom is -0.465 e. The van der Waals surface area contributed by atoms with Crippen molar-refractivity contribution in [1.29, 1.82) is 0 Å². The summed E-state index contributed by atoms with van der Waals surface area (Å²) in [6, 6.07) is 5.99. The summed E-state index contributed by atoms with van der Waals surface area (Å²) >= 11 is 1.57. The molecule has 1 N–H and O–H groups in total. The van der Waals surface area contributed by atoms with Crippen molar-refractivity contribution in [3.05, 3.63) is 29.8 Å². The topological polar surface area (TPSA) is 75.7 Å². The summed E-state index contributed by atoms with van der Waals surface area (Å²) in [4.78, 5) is 37.1. The lowest BCUT2D eigenvalue weighted by Crippen LogP contribution is -2.44. The number of thioether (sulfide) groups is 1. The quantitative estimate of drug-likeness (QED) is 0.854. The van der Waals surface area contributed by atoms with Gasteiger partial charge in [-0.05, 0) is 24.3 Å². The fourth-order valence-electron chi connectivity index (χ4n) is 2.14. The highest BCUT2D eigenvalue weighted by atomic mass is 32.2. The van der Waals surface area contributed by atoms with Crippen molar-refractivity contribution in [1.82, 2.24) is 4.90 Å². The van der Waals surface area contributed by atoms with Crippen LogP contribution < -0.4 is 5.32 Å². The van der Waals surface area contributed by atoms with Crippen LogP contribution in [-0.4, -0.2) is 47.5 Å². The minimum absolute atomic E-state index is 0.0220. The third-order valence-electron chi connectivity index (χ3n) is 3.38. The number of hydrogen-bond donors (Lipinski definition) is 1. The summed E-state index contributed by atoms with van der Waals surface area (Å²) in [6.45, 7) is 1.78. The highest BCUT2D eigenvalue weighted by Crippen LogP contribution is 2.23. The monoisotopic (exact) mass is 322 g/mol. The van der Waals surface area contributed by atoms with Gasteiger partial charge in [0.2, 0.25) is 11.8 Å². The number of methoxy groups -OCH3 is 1. The van der Waals surface area contributed by atoms with Crippen molar-refractivity contribution >= 4 is 35.2 Å². The molecule has 6 nitrogen and oxygen atoms in total. The van der Waals surface area contributed by atoms with Crippen LogP contribution in [0.5, 0.6) is 0 Å². The Morgan fingerprint density at radius 1 is 1.32 bits per heavy atom. The van der Waals surface area contributed by atoms with Gasteiger partial charge >= 0.3 is 5.97 Å². The van der Waals surface area contributed by atoms with Gasteiger partial charge in [-0.2, -0.15) is 0 Å². The Labute approximate surface area is 133 Å². The Morgan fingerprint density at radius 3 is 2.59 bits per heavy atom. The van der Waals surface area contributed by atoms with E-state index in [0.717, 1.165) is 0 Å². The van der Waals surface area contributed by atoms with E-state index in [1.807, 2.05) is 0 Å². The van der Waals surface area contributed by atoms with E-state index in [0.29, 0.717) is 29.3 Å². The molecule has 1 aliphatic heterocycles. The number of carbonyl (C=O) groups is 3. The number of rotatable bonds is 4. The van der Waals surface area contributed by atoms with Gasteiger partial charge in [0.1, 0.15) is 6.04 Å². The lowest BCUT2D eigenvalue weighted by Gasteiger charge is -2.22. The largest absolute Gasteiger partial charge is 0.465 e. The molecule has 1 atom stereocenters. The molecule has 7 heteroatoms. The van der Waals surface area contributed by atoms with Gasteiger partial charge in [0.25, 0.3) is 0 Å². The molecule has 1 saturated heterocycles. The highest BCUT2D eigenvalue weighted by molar-refractivity contribution is 7.99. The molecule has 0 bridgehead atoms. The lowest BCUT2D eigenvalue weighted by atomic mass is 10.2. The number of anilines is 1. The number of benzene rings is 1. The first-order valence-corrected chi connectivity index (χ1v) is 8.08. The predicted octanol–water partition coefficient (Wildman–Crippen LogP) is 1.72. The maximum Gasteiger partial charge on any atom is 0.337 e. The van der Waals surface area contributed by atoms with Crippen LogP contribution in [0.1, 0.15) is 23.7 Å². The number of nitrogens with one attached hydrogen (secondary N) is 1. The van der Waals surface area contributed by atoms with E-state index in [9.17, 15) is 14.4 Å². The maximum absolute atomic E-state index is 12.3. The zero-order chi connectivity index (χ0) is 16.1. The van der Waals surface area contributed by atoms with E-state index in [-0.39, 0.29) is 11.8 Å². The first-order valence-electron chi connectivity index (χ1n) is 6.93. The summed E-state index contributed by atoms with van der Waals surface area (Å²) in [6.07, 6.45) is 0.387. The molecule has 0 spiro atoms. The first kappa shape index (κ1) is 16.4. The average molecular weight is 322 g/mol. The molecule has 0 aliphatic carbocycles. The summed E-state index contributed by atoms with van der Waals surface area (Å²) in [5.41, 5.74) is 0.998. The molecule has 1 aromatic rings. The smallest absolute Gasteiger partial charge is 0.337 e. The predicted molar refractivity (Wildman–Crippen MR) is 84.7 cm³/mol. The van der Waals surface area contributed by atoms with Crippen molar-refractivity contribution < 1.29 is 19.1 Å². The number of amides is 2. The van der Waals surface area contributed by atoms with E-state index >= 15 is 0 Å². The second-order valence-electron chi connectivity index (χ2n) is 4.79. The van der Waals surface area contributed by atoms with Crippen LogP contribution in [0, 0.1) is 0 Å². The fraction of sp³-hybridized carbons (Fsp3) is 0.400. The van der Waals surface area contributed by atoms with Gasteiger partial charge in [-0.15, -0.1) is 11.8 Å². The van der Waals surface area contributed by atoms with Crippen LogP contribution in [0.4, 0.5) is 5.69 Å². The van der Waals surface area contributed by atoms with Crippen LogP contribution >= 0.6 is 11.8 Å². The highest BCUT2D eigenvalue weighted by Gasteiger charge is 2.33. The Hall–Kier alpha value is -2.02. The van der Waals surface area contributed by atoms with Crippen LogP contribution in [-0.2, 0) is 14.3 Å². The number of ether oxygens (including phenoxy) is 1. The second-order valence-corrected chi connectivity index (χ2v) is 5.79. The molecule has 22 heavy (non-hydrogen) atoms. The van der Waals surface area contributed by atoms with Gasteiger partial charge in [-0.25, -0.2) is 4.79 Å². The Balaban J connectivity index is 2.02. The molecule has 0 unspecified atom stereocenters. The molecule has 0 saturated carbocycles. The SMILES string of the molecule is CCC(=O)N1CSC[C@@H]1C(=O)Nc1ccc(C(=O)OC)cc1. The molecular weight excluding hydrogens is 304 g/mol. The van der Waals surface area contributed by atoms with Crippen molar-refractivity contribution in [2.45, 2.75) is 19.4 Å². The maximum atomic E-state index is 12.3. The van der Waals surface area contributed by atoms with Crippen LogP contribution in [0.15, 0.2) is 24.3 Å². The Morgan fingerprint density at radius 2 is 2.00 bits per heavy atom. The van der Waals surface area contributed by atoms with Gasteiger partial charge in [0, 0.05) is 17.9 Å². The van der Waals surface area contributed by atoms with E-state index in [2.05, 4.69) is 10.1 Å². The Kier molecular flexibility index (Phi) is 5.43. The molecule has 0 aromatic heterocycles. The molecule has 0 radical (unpaired) electrons. The summed E-state index contributed by atoms with van der Waals surface area (Å²) in [5, 5.41) is 2.78. The Bertz CT molecular complexity index is 573. The molecule has 2 rings (SSSR count). The third-order valence-corrected chi connectivity index (χ3v) is 4.39. The summed E-state index contributed by atoms with van der Waals surface area (Å²) in [7, 11) is 1.31. The van der Waals surface area contributed by atoms with Gasteiger partial charge in [-0.3, -0.25) is 9.59 Å². The van der Waals surface area contributed by atoms with Crippen molar-refractivity contribution in [2.75, 3.05) is 24.1 Å². The van der Waals surface area contributed by atoms with E-state index in [1.165, 1.54) is 7.11 Å². The zero-order valence-corrected chi connectivity index (χ0v) is 13.3. The zero-order valence-electron chi connectivity index (χ0n) is 12.5. The van der Waals surface area contributed by atoms with Crippen LogP contribution in [0.2, 0.25) is 0 Å². The van der Waals surface area contributed by atoms with E-state index in [4.69, 9.17) is 0 Å². The number of nitrogens with zero attached hydrogens (tertiary/aromatic N) is 1. The molecule has 118 valence electrons. The van der Waals surface area contributed by atoms with E-state index in [1.54, 1.807) is 47.9 Å². The molecule has 1 heterocycles. The van der Waals surface area contributed by atoms with Gasteiger partial charge in [0.05, 0.1) is 18.6 Å². The van der Waals surface area contributed by atoms with Crippen molar-refractivity contribution in [3.63, 3.8) is 0 Å². The fourth-order valence-corrected chi connectivity index (χ4v) is 3.32. The standard InChI is InChI=1S/C15H18N2O4S/c1-3-13(18)17-9-22-8-12(17)14(19)16-11-6-4-10(5-7-11)15(20)21-2/h4-7,12H,3,8-9H2,1-2H3,(H,16,19)/t12-/m1/s1.